The summed E-state index contributed by atoms with van der Waals surface area (Å²) in [5.41, 5.74) is 1.09. The van der Waals surface area contributed by atoms with E-state index in [0.29, 0.717) is 6.54 Å². The van der Waals surface area contributed by atoms with E-state index >= 15 is 0 Å². The number of hydrogen-bond acceptors (Lipinski definition) is 4. The van der Waals surface area contributed by atoms with Crippen molar-refractivity contribution >= 4 is 57.2 Å². The fraction of sp³-hybridized carbons (Fsp3) is 0.312. The zero-order valence-corrected chi connectivity index (χ0v) is 18.1. The van der Waals surface area contributed by atoms with Gasteiger partial charge in [0.2, 0.25) is 6.79 Å². The Kier molecular flexibility index (Phi) is 7.17. The van der Waals surface area contributed by atoms with Gasteiger partial charge in [-0.05, 0) is 52.7 Å². The van der Waals surface area contributed by atoms with Crippen LogP contribution in [0.15, 0.2) is 33.7 Å². The molecule has 0 saturated heterocycles. The maximum atomic E-state index is 5.44. The van der Waals surface area contributed by atoms with Gasteiger partial charge >= 0.3 is 0 Å². The summed E-state index contributed by atoms with van der Waals surface area (Å²) in [5, 5.41) is 6.63. The highest BCUT2D eigenvalue weighted by atomic mass is 127. The van der Waals surface area contributed by atoms with Crippen LogP contribution in [0.25, 0.3) is 0 Å². The van der Waals surface area contributed by atoms with E-state index in [0.717, 1.165) is 34.0 Å². The standard InChI is InChI=1S/C16H18BrN3O2S.HI/c1-10-3-4-12(23-10)8-20-16(18-2)19-7-11-5-13(17)15-14(6-11)21-9-22-15;/h3-6H,7-9H2,1-2H3,(H2,18,19,20);1H. The number of aryl methyl sites for hydroxylation is 1. The van der Waals surface area contributed by atoms with Crippen LogP contribution in [-0.2, 0) is 13.1 Å². The molecule has 0 amide bonds. The van der Waals surface area contributed by atoms with Crippen LogP contribution >= 0.6 is 51.2 Å². The highest BCUT2D eigenvalue weighted by molar-refractivity contribution is 14.0. The summed E-state index contributed by atoms with van der Waals surface area (Å²) in [4.78, 5) is 6.85. The molecular weight excluding hydrogens is 505 g/mol. The number of thiophene rings is 1. The molecule has 2 N–H and O–H groups in total. The summed E-state index contributed by atoms with van der Waals surface area (Å²) < 4.78 is 11.7. The maximum absolute atomic E-state index is 5.44. The Balaban J connectivity index is 0.00000208. The molecule has 8 heteroatoms. The number of benzene rings is 1. The minimum Gasteiger partial charge on any atom is -0.454 e. The number of ether oxygens (including phenoxy) is 2. The fourth-order valence-electron chi connectivity index (χ4n) is 2.28. The average molecular weight is 524 g/mol. The molecule has 130 valence electrons. The highest BCUT2D eigenvalue weighted by Gasteiger charge is 2.17. The van der Waals surface area contributed by atoms with Crippen molar-refractivity contribution in [1.82, 2.24) is 10.6 Å². The number of halogens is 2. The van der Waals surface area contributed by atoms with Gasteiger partial charge in [-0.2, -0.15) is 0 Å². The lowest BCUT2D eigenvalue weighted by Crippen LogP contribution is -2.36. The van der Waals surface area contributed by atoms with Gasteiger partial charge < -0.3 is 20.1 Å². The van der Waals surface area contributed by atoms with Crippen LogP contribution in [0.2, 0.25) is 0 Å². The molecule has 5 nitrogen and oxygen atoms in total. The number of nitrogens with zero attached hydrogens (tertiary/aromatic N) is 1. The maximum Gasteiger partial charge on any atom is 0.231 e. The zero-order chi connectivity index (χ0) is 16.2. The molecule has 0 fully saturated rings. The highest BCUT2D eigenvalue weighted by Crippen LogP contribution is 2.39. The second kappa shape index (κ2) is 8.91. The number of fused-ring (bicyclic) bond motifs is 1. The quantitative estimate of drug-likeness (QED) is 0.361. The first kappa shape index (κ1) is 19.3. The lowest BCUT2D eigenvalue weighted by molar-refractivity contribution is 0.173. The largest absolute Gasteiger partial charge is 0.454 e. The average Bonchev–Trinajstić information content (AvgIpc) is 3.16. The van der Waals surface area contributed by atoms with Crippen LogP contribution in [-0.4, -0.2) is 19.8 Å². The summed E-state index contributed by atoms with van der Waals surface area (Å²) in [6.07, 6.45) is 0. The normalized spacial score (nSPS) is 12.7. The van der Waals surface area contributed by atoms with Crippen molar-refractivity contribution < 1.29 is 9.47 Å². The van der Waals surface area contributed by atoms with Crippen molar-refractivity contribution in [3.05, 3.63) is 44.1 Å². The van der Waals surface area contributed by atoms with Crippen LogP contribution in [0, 0.1) is 6.92 Å². The summed E-state index contributed by atoms with van der Waals surface area (Å²) in [6, 6.07) is 8.27. The third-order valence-corrected chi connectivity index (χ3v) is 4.99. The Morgan fingerprint density at radius 3 is 2.75 bits per heavy atom. The Morgan fingerprint density at radius 2 is 2.04 bits per heavy atom. The Hall–Kier alpha value is -1.000. The number of hydrogen-bond donors (Lipinski definition) is 2. The van der Waals surface area contributed by atoms with Crippen molar-refractivity contribution in [3.8, 4) is 11.5 Å². The molecule has 1 aliphatic rings. The predicted octanol–water partition coefficient (Wildman–Crippen LogP) is 4.03. The molecule has 0 bridgehead atoms. The molecule has 0 radical (unpaired) electrons. The van der Waals surface area contributed by atoms with Gasteiger partial charge in [0.1, 0.15) is 0 Å². The molecule has 0 saturated carbocycles. The van der Waals surface area contributed by atoms with E-state index < -0.39 is 0 Å². The third-order valence-electron chi connectivity index (χ3n) is 3.40. The second-order valence-electron chi connectivity index (χ2n) is 5.10. The predicted molar refractivity (Wildman–Crippen MR) is 112 cm³/mol. The summed E-state index contributed by atoms with van der Waals surface area (Å²) in [6.45, 7) is 3.80. The van der Waals surface area contributed by atoms with Gasteiger partial charge in [-0.15, -0.1) is 35.3 Å². The van der Waals surface area contributed by atoms with Gasteiger partial charge in [-0.3, -0.25) is 4.99 Å². The Morgan fingerprint density at radius 1 is 1.25 bits per heavy atom. The molecule has 0 unspecified atom stereocenters. The third kappa shape index (κ3) is 4.76. The van der Waals surface area contributed by atoms with E-state index in [-0.39, 0.29) is 30.8 Å². The summed E-state index contributed by atoms with van der Waals surface area (Å²) in [5.74, 6) is 2.31. The zero-order valence-electron chi connectivity index (χ0n) is 13.4. The molecular formula is C16H19BrIN3O2S. The van der Waals surface area contributed by atoms with Gasteiger partial charge in [0.15, 0.2) is 17.5 Å². The van der Waals surface area contributed by atoms with E-state index in [1.165, 1.54) is 9.75 Å². The smallest absolute Gasteiger partial charge is 0.231 e. The van der Waals surface area contributed by atoms with Crippen molar-refractivity contribution in [2.24, 2.45) is 4.99 Å². The Labute approximate surface area is 171 Å². The molecule has 1 aliphatic heterocycles. The van der Waals surface area contributed by atoms with Crippen LogP contribution in [0.5, 0.6) is 11.5 Å². The Bertz CT molecular complexity index is 736. The van der Waals surface area contributed by atoms with E-state index in [9.17, 15) is 0 Å². The molecule has 0 spiro atoms. The second-order valence-corrected chi connectivity index (χ2v) is 7.33. The van der Waals surface area contributed by atoms with E-state index in [2.05, 4.69) is 50.6 Å². The van der Waals surface area contributed by atoms with Gasteiger partial charge in [0, 0.05) is 23.3 Å². The first-order chi connectivity index (χ1) is 11.2. The lowest BCUT2D eigenvalue weighted by Gasteiger charge is -2.12. The number of guanidine groups is 1. The van der Waals surface area contributed by atoms with Gasteiger partial charge in [0.25, 0.3) is 0 Å². The van der Waals surface area contributed by atoms with E-state index in [1.807, 2.05) is 12.1 Å². The van der Waals surface area contributed by atoms with Crippen molar-refractivity contribution in [1.29, 1.82) is 0 Å². The number of nitrogens with one attached hydrogen (secondary N) is 2. The summed E-state index contributed by atoms with van der Waals surface area (Å²) >= 11 is 5.30. The molecule has 1 aromatic heterocycles. The fourth-order valence-corrected chi connectivity index (χ4v) is 3.71. The van der Waals surface area contributed by atoms with Gasteiger partial charge in [-0.1, -0.05) is 0 Å². The van der Waals surface area contributed by atoms with Crippen LogP contribution in [0.1, 0.15) is 15.3 Å². The van der Waals surface area contributed by atoms with E-state index in [1.54, 1.807) is 18.4 Å². The molecule has 0 aliphatic carbocycles. The minimum atomic E-state index is 0. The SMILES string of the molecule is CN=C(NCc1cc(Br)c2c(c1)OCO2)NCc1ccc(C)s1.I. The molecule has 3 rings (SSSR count). The number of aliphatic imine (C=N–C) groups is 1. The van der Waals surface area contributed by atoms with Crippen LogP contribution in [0.4, 0.5) is 0 Å². The van der Waals surface area contributed by atoms with Crippen LogP contribution in [0.3, 0.4) is 0 Å². The molecule has 24 heavy (non-hydrogen) atoms. The molecule has 2 heterocycles. The first-order valence-corrected chi connectivity index (χ1v) is 8.84. The molecule has 2 aromatic rings. The topological polar surface area (TPSA) is 54.9 Å². The number of rotatable bonds is 4. The lowest BCUT2D eigenvalue weighted by atomic mass is 10.2. The minimum absolute atomic E-state index is 0. The van der Waals surface area contributed by atoms with Gasteiger partial charge in [-0.25, -0.2) is 0 Å². The molecule has 1 aromatic carbocycles. The van der Waals surface area contributed by atoms with Crippen molar-refractivity contribution in [3.63, 3.8) is 0 Å². The van der Waals surface area contributed by atoms with Gasteiger partial charge in [0.05, 0.1) is 11.0 Å². The van der Waals surface area contributed by atoms with Crippen molar-refractivity contribution in [2.45, 2.75) is 20.0 Å². The van der Waals surface area contributed by atoms with E-state index in [4.69, 9.17) is 9.47 Å². The summed E-state index contributed by atoms with van der Waals surface area (Å²) in [7, 11) is 1.77. The molecule has 0 atom stereocenters. The van der Waals surface area contributed by atoms with Crippen LogP contribution < -0.4 is 20.1 Å². The first-order valence-electron chi connectivity index (χ1n) is 7.23. The van der Waals surface area contributed by atoms with Crippen molar-refractivity contribution in [2.75, 3.05) is 13.8 Å². The monoisotopic (exact) mass is 523 g/mol.